The number of hydrogen-bond acceptors (Lipinski definition) is 4. The minimum absolute atomic E-state index is 0.0253. The highest BCUT2D eigenvalue weighted by atomic mass is 32.2. The second-order valence-corrected chi connectivity index (χ2v) is 6.29. The quantitative estimate of drug-likeness (QED) is 0.730. The van der Waals surface area contributed by atoms with Crippen LogP contribution >= 0.6 is 11.8 Å². The van der Waals surface area contributed by atoms with Crippen molar-refractivity contribution in [1.29, 1.82) is 0 Å². The molecule has 0 saturated carbocycles. The lowest BCUT2D eigenvalue weighted by Crippen LogP contribution is -2.51. The topological polar surface area (TPSA) is 75.4 Å². The van der Waals surface area contributed by atoms with E-state index in [4.69, 9.17) is 5.73 Å². The van der Waals surface area contributed by atoms with E-state index in [1.165, 1.54) is 0 Å². The molecule has 2 amide bonds. The van der Waals surface area contributed by atoms with Gasteiger partial charge in [-0.1, -0.05) is 6.92 Å². The molecule has 0 aliphatic carbocycles. The van der Waals surface area contributed by atoms with Crippen molar-refractivity contribution in [2.75, 3.05) is 31.6 Å². The Kier molecular flexibility index (Phi) is 7.99. The van der Waals surface area contributed by atoms with Crippen molar-refractivity contribution in [2.45, 2.75) is 38.6 Å². The molecule has 0 aromatic rings. The number of amides is 2. The van der Waals surface area contributed by atoms with Crippen molar-refractivity contribution in [3.8, 4) is 0 Å². The van der Waals surface area contributed by atoms with E-state index in [1.54, 1.807) is 11.8 Å². The van der Waals surface area contributed by atoms with Crippen LogP contribution in [0.4, 0.5) is 0 Å². The third-order valence-electron chi connectivity index (χ3n) is 3.65. The number of carbonyl (C=O) groups is 2. The van der Waals surface area contributed by atoms with E-state index in [-0.39, 0.29) is 23.8 Å². The van der Waals surface area contributed by atoms with E-state index in [2.05, 4.69) is 5.32 Å². The van der Waals surface area contributed by atoms with E-state index < -0.39 is 0 Å². The molecule has 3 N–H and O–H groups in total. The molecule has 1 rings (SSSR count). The smallest absolute Gasteiger partial charge is 0.226 e. The first kappa shape index (κ1) is 17.3. The summed E-state index contributed by atoms with van der Waals surface area (Å²) in [6, 6.07) is 0.141. The van der Waals surface area contributed by atoms with Gasteiger partial charge >= 0.3 is 0 Å². The van der Waals surface area contributed by atoms with Gasteiger partial charge in [-0.05, 0) is 25.5 Å². The van der Waals surface area contributed by atoms with Crippen molar-refractivity contribution < 1.29 is 9.59 Å². The highest BCUT2D eigenvalue weighted by Crippen LogP contribution is 2.20. The van der Waals surface area contributed by atoms with E-state index in [0.717, 1.165) is 31.6 Å². The van der Waals surface area contributed by atoms with Crippen molar-refractivity contribution >= 4 is 23.6 Å². The Morgan fingerprint density at radius 2 is 2.20 bits per heavy atom. The van der Waals surface area contributed by atoms with Crippen LogP contribution in [0.25, 0.3) is 0 Å². The summed E-state index contributed by atoms with van der Waals surface area (Å²) in [7, 11) is 0. The molecule has 1 aliphatic rings. The molecule has 1 heterocycles. The summed E-state index contributed by atoms with van der Waals surface area (Å²) in [6.07, 6.45) is 5.53. The zero-order valence-electron chi connectivity index (χ0n) is 12.6. The van der Waals surface area contributed by atoms with Gasteiger partial charge in [0.15, 0.2) is 0 Å². The molecule has 0 radical (unpaired) electrons. The molecular formula is C14H27N3O2S. The predicted octanol–water partition coefficient (Wildman–Crippen LogP) is 0.832. The van der Waals surface area contributed by atoms with Crippen molar-refractivity contribution in [2.24, 2.45) is 11.7 Å². The summed E-state index contributed by atoms with van der Waals surface area (Å²) in [5, 5.41) is 2.89. The summed E-state index contributed by atoms with van der Waals surface area (Å²) in [4.78, 5) is 25.9. The maximum atomic E-state index is 12.4. The molecule has 0 spiro atoms. The fourth-order valence-corrected chi connectivity index (χ4v) is 3.20. The Morgan fingerprint density at radius 3 is 2.85 bits per heavy atom. The summed E-state index contributed by atoms with van der Waals surface area (Å²) < 4.78 is 0. The van der Waals surface area contributed by atoms with Crippen molar-refractivity contribution in [3.63, 3.8) is 0 Å². The van der Waals surface area contributed by atoms with Gasteiger partial charge in [-0.2, -0.15) is 11.8 Å². The van der Waals surface area contributed by atoms with Crippen LogP contribution < -0.4 is 11.1 Å². The van der Waals surface area contributed by atoms with Gasteiger partial charge in [0.1, 0.15) is 0 Å². The van der Waals surface area contributed by atoms with Crippen LogP contribution in [-0.4, -0.2) is 54.4 Å². The normalized spacial score (nSPS) is 20.6. The molecule has 1 fully saturated rings. The minimum Gasteiger partial charge on any atom is -0.354 e. The van der Waals surface area contributed by atoms with E-state index >= 15 is 0 Å². The van der Waals surface area contributed by atoms with Crippen LogP contribution in [0.15, 0.2) is 0 Å². The van der Waals surface area contributed by atoms with Crippen molar-refractivity contribution in [1.82, 2.24) is 10.2 Å². The van der Waals surface area contributed by atoms with Crippen LogP contribution in [0.3, 0.4) is 0 Å². The lowest BCUT2D eigenvalue weighted by Gasteiger charge is -2.37. The lowest BCUT2D eigenvalue weighted by atomic mass is 10.00. The standard InChI is InChI=1S/C14H27N3O2S/c1-11(10-20-2)14(19)17-8-4-3-5-12(17)9-16-13(18)6-7-15/h11-12H,3-10,15H2,1-2H3,(H,16,18). The third kappa shape index (κ3) is 5.32. The maximum absolute atomic E-state index is 12.4. The van der Waals surface area contributed by atoms with E-state index in [9.17, 15) is 9.59 Å². The van der Waals surface area contributed by atoms with Crippen LogP contribution in [0, 0.1) is 5.92 Å². The van der Waals surface area contributed by atoms with Gasteiger partial charge < -0.3 is 16.0 Å². The number of nitrogens with zero attached hydrogens (tertiary/aromatic N) is 1. The van der Waals surface area contributed by atoms with Gasteiger partial charge in [-0.15, -0.1) is 0 Å². The molecular weight excluding hydrogens is 274 g/mol. The first-order valence-corrected chi connectivity index (χ1v) is 8.75. The number of nitrogens with two attached hydrogens (primary N) is 1. The zero-order chi connectivity index (χ0) is 15.0. The molecule has 116 valence electrons. The largest absolute Gasteiger partial charge is 0.354 e. The first-order valence-electron chi connectivity index (χ1n) is 7.36. The van der Waals surface area contributed by atoms with Crippen LogP contribution in [-0.2, 0) is 9.59 Å². The van der Waals surface area contributed by atoms with Crippen molar-refractivity contribution in [3.05, 3.63) is 0 Å². The van der Waals surface area contributed by atoms with E-state index in [1.807, 2.05) is 18.1 Å². The number of piperidine rings is 1. The Bertz CT molecular complexity index is 326. The number of carbonyl (C=O) groups excluding carboxylic acids is 2. The molecule has 0 aromatic carbocycles. The average Bonchev–Trinajstić information content (AvgIpc) is 2.45. The number of hydrogen-bond donors (Lipinski definition) is 2. The number of rotatable bonds is 7. The first-order chi connectivity index (χ1) is 9.60. The third-order valence-corrected chi connectivity index (χ3v) is 4.49. The molecule has 2 unspecified atom stereocenters. The number of nitrogens with one attached hydrogen (secondary N) is 1. The van der Waals surface area contributed by atoms with Gasteiger partial charge in [0.25, 0.3) is 0 Å². The molecule has 1 aliphatic heterocycles. The summed E-state index contributed by atoms with van der Waals surface area (Å²) in [5.74, 6) is 1.09. The van der Waals surface area contributed by atoms with Gasteiger partial charge in [-0.25, -0.2) is 0 Å². The van der Waals surface area contributed by atoms with Gasteiger partial charge in [0.2, 0.25) is 11.8 Å². The SMILES string of the molecule is CSCC(C)C(=O)N1CCCCC1CNC(=O)CCN. The Balaban J connectivity index is 2.53. The fourth-order valence-electron chi connectivity index (χ4n) is 2.56. The van der Waals surface area contributed by atoms with E-state index in [0.29, 0.717) is 19.5 Å². The fraction of sp³-hybridized carbons (Fsp3) is 0.857. The van der Waals surface area contributed by atoms with Gasteiger partial charge in [0.05, 0.1) is 0 Å². The molecule has 2 atom stereocenters. The molecule has 5 nitrogen and oxygen atoms in total. The zero-order valence-corrected chi connectivity index (χ0v) is 13.4. The predicted molar refractivity (Wildman–Crippen MR) is 83.6 cm³/mol. The molecule has 1 saturated heterocycles. The molecule has 20 heavy (non-hydrogen) atoms. The molecule has 6 heteroatoms. The Labute approximate surface area is 126 Å². The minimum atomic E-state index is -0.0253. The van der Waals surface area contributed by atoms with Crippen LogP contribution in [0.2, 0.25) is 0 Å². The molecule has 0 bridgehead atoms. The lowest BCUT2D eigenvalue weighted by molar-refractivity contribution is -0.138. The van der Waals surface area contributed by atoms with Crippen LogP contribution in [0.1, 0.15) is 32.6 Å². The number of thioether (sulfide) groups is 1. The average molecular weight is 301 g/mol. The number of likely N-dealkylation sites (tertiary alicyclic amines) is 1. The summed E-state index contributed by atoms with van der Waals surface area (Å²) in [6.45, 7) is 3.72. The Morgan fingerprint density at radius 1 is 1.45 bits per heavy atom. The summed E-state index contributed by atoms with van der Waals surface area (Å²) in [5.41, 5.74) is 5.36. The Hall–Kier alpha value is -0.750. The van der Waals surface area contributed by atoms with Gasteiger partial charge in [-0.3, -0.25) is 9.59 Å². The second-order valence-electron chi connectivity index (χ2n) is 5.38. The maximum Gasteiger partial charge on any atom is 0.226 e. The van der Waals surface area contributed by atoms with Gasteiger partial charge in [0, 0.05) is 43.8 Å². The monoisotopic (exact) mass is 301 g/mol. The highest BCUT2D eigenvalue weighted by Gasteiger charge is 2.29. The summed E-state index contributed by atoms with van der Waals surface area (Å²) >= 11 is 1.70. The second kappa shape index (κ2) is 9.23. The molecule has 0 aromatic heterocycles. The highest BCUT2D eigenvalue weighted by molar-refractivity contribution is 7.98. The van der Waals surface area contributed by atoms with Crippen LogP contribution in [0.5, 0.6) is 0 Å².